The van der Waals surface area contributed by atoms with Gasteiger partial charge in [0.15, 0.2) is 0 Å². The zero-order valence-corrected chi connectivity index (χ0v) is 11.6. The monoisotopic (exact) mass is 242 g/mol. The van der Waals surface area contributed by atoms with Gasteiger partial charge in [0.05, 0.1) is 12.0 Å². The highest BCUT2D eigenvalue weighted by atomic mass is 15.2. The number of rotatable bonds is 2. The topological polar surface area (TPSA) is 27.0 Å². The molecule has 0 amide bonds. The van der Waals surface area contributed by atoms with E-state index in [9.17, 15) is 5.26 Å². The Bertz CT molecular complexity index is 430. The molecule has 2 nitrogen and oxygen atoms in total. The second-order valence-electron chi connectivity index (χ2n) is 5.76. The molecule has 1 aliphatic rings. The highest BCUT2D eigenvalue weighted by Gasteiger charge is 2.40. The molecule has 1 aromatic rings. The number of hydrogen-bond donors (Lipinski definition) is 0. The molecule has 96 valence electrons. The Hall–Kier alpha value is -1.33. The van der Waals surface area contributed by atoms with Crippen LogP contribution in [0.5, 0.6) is 0 Å². The number of benzene rings is 1. The molecule has 1 heterocycles. The van der Waals surface area contributed by atoms with E-state index in [0.29, 0.717) is 6.04 Å². The van der Waals surface area contributed by atoms with E-state index in [0.717, 1.165) is 19.4 Å². The number of piperidine rings is 1. The summed E-state index contributed by atoms with van der Waals surface area (Å²) in [5, 5.41) is 9.32. The normalized spacial score (nSPS) is 25.3. The fourth-order valence-corrected chi connectivity index (χ4v) is 3.13. The lowest BCUT2D eigenvalue weighted by Crippen LogP contribution is -2.53. The first-order valence-corrected chi connectivity index (χ1v) is 6.78. The van der Waals surface area contributed by atoms with E-state index in [1.807, 2.05) is 0 Å². The molecule has 0 aliphatic carbocycles. The predicted octanol–water partition coefficient (Wildman–Crippen LogP) is 3.76. The number of nitriles is 1. The Morgan fingerprint density at radius 1 is 1.33 bits per heavy atom. The van der Waals surface area contributed by atoms with Crippen molar-refractivity contribution in [1.29, 1.82) is 5.26 Å². The molecule has 0 aromatic heterocycles. The lowest BCUT2D eigenvalue weighted by Gasteiger charge is -2.48. The Balaban J connectivity index is 2.25. The van der Waals surface area contributed by atoms with Crippen LogP contribution in [0.25, 0.3) is 0 Å². The zero-order chi connectivity index (χ0) is 13.2. The number of likely N-dealkylation sites (tertiary alicyclic amines) is 1. The summed E-state index contributed by atoms with van der Waals surface area (Å²) in [5.74, 6) is 0.136. The predicted molar refractivity (Wildman–Crippen MR) is 74.0 cm³/mol. The van der Waals surface area contributed by atoms with Crippen molar-refractivity contribution in [3.05, 3.63) is 35.9 Å². The summed E-state index contributed by atoms with van der Waals surface area (Å²) in [4.78, 5) is 2.49. The molecule has 0 bridgehead atoms. The van der Waals surface area contributed by atoms with Gasteiger partial charge >= 0.3 is 0 Å². The van der Waals surface area contributed by atoms with Gasteiger partial charge in [-0.3, -0.25) is 4.90 Å². The van der Waals surface area contributed by atoms with Crippen molar-refractivity contribution in [2.75, 3.05) is 6.54 Å². The van der Waals surface area contributed by atoms with Crippen molar-refractivity contribution in [1.82, 2.24) is 4.90 Å². The lowest BCUT2D eigenvalue weighted by atomic mass is 9.78. The van der Waals surface area contributed by atoms with Crippen LogP contribution in [0.4, 0.5) is 0 Å². The van der Waals surface area contributed by atoms with Crippen LogP contribution in [0.2, 0.25) is 0 Å². The third-order valence-electron chi connectivity index (χ3n) is 4.39. The highest BCUT2D eigenvalue weighted by Crippen LogP contribution is 2.38. The minimum Gasteiger partial charge on any atom is -0.290 e. The maximum atomic E-state index is 9.32. The maximum absolute atomic E-state index is 9.32. The quantitative estimate of drug-likeness (QED) is 0.789. The largest absolute Gasteiger partial charge is 0.290 e. The summed E-state index contributed by atoms with van der Waals surface area (Å²) in [6.07, 6.45) is 2.15. The second kappa shape index (κ2) is 5.12. The van der Waals surface area contributed by atoms with Gasteiger partial charge in [-0.2, -0.15) is 5.26 Å². The van der Waals surface area contributed by atoms with Gasteiger partial charge in [-0.05, 0) is 45.7 Å². The summed E-state index contributed by atoms with van der Waals surface area (Å²) in [5.41, 5.74) is 1.30. The summed E-state index contributed by atoms with van der Waals surface area (Å²) >= 11 is 0. The molecule has 18 heavy (non-hydrogen) atoms. The molecule has 2 atom stereocenters. The van der Waals surface area contributed by atoms with Crippen LogP contribution in [0.3, 0.4) is 0 Å². The summed E-state index contributed by atoms with van der Waals surface area (Å²) < 4.78 is 0. The Morgan fingerprint density at radius 3 is 2.61 bits per heavy atom. The van der Waals surface area contributed by atoms with E-state index in [1.54, 1.807) is 0 Å². The van der Waals surface area contributed by atoms with Gasteiger partial charge in [0.1, 0.15) is 0 Å². The third kappa shape index (κ3) is 2.28. The minimum atomic E-state index is -0.0394. The molecule has 2 heteroatoms. The highest BCUT2D eigenvalue weighted by molar-refractivity contribution is 5.20. The molecule has 1 saturated heterocycles. The summed E-state index contributed by atoms with van der Waals surface area (Å²) in [6.45, 7) is 7.75. The van der Waals surface area contributed by atoms with E-state index >= 15 is 0 Å². The van der Waals surface area contributed by atoms with Crippen LogP contribution in [0.1, 0.15) is 45.2 Å². The molecule has 0 saturated carbocycles. The van der Waals surface area contributed by atoms with Crippen LogP contribution < -0.4 is 0 Å². The summed E-state index contributed by atoms with van der Waals surface area (Å²) in [6, 6.07) is 13.4. The second-order valence-corrected chi connectivity index (χ2v) is 5.76. The van der Waals surface area contributed by atoms with Gasteiger partial charge in [-0.15, -0.1) is 0 Å². The molecule has 0 radical (unpaired) electrons. The maximum Gasteiger partial charge on any atom is 0.0675 e. The molecule has 0 N–H and O–H groups in total. The Labute approximate surface area is 110 Å². The van der Waals surface area contributed by atoms with Crippen LogP contribution in [0, 0.1) is 17.2 Å². The lowest BCUT2D eigenvalue weighted by molar-refractivity contribution is 0.0119. The van der Waals surface area contributed by atoms with E-state index in [-0.39, 0.29) is 11.5 Å². The third-order valence-corrected chi connectivity index (χ3v) is 4.39. The molecular weight excluding hydrogens is 220 g/mol. The first-order valence-electron chi connectivity index (χ1n) is 6.78. The van der Waals surface area contributed by atoms with Gasteiger partial charge in [-0.1, -0.05) is 30.3 Å². The van der Waals surface area contributed by atoms with Crippen LogP contribution in [0.15, 0.2) is 30.3 Å². The number of nitrogens with zero attached hydrogens (tertiary/aromatic N) is 2. The van der Waals surface area contributed by atoms with Crippen LogP contribution in [-0.2, 0) is 0 Å². The smallest absolute Gasteiger partial charge is 0.0675 e. The SMILES string of the molecule is CC(c1ccccc1)N1CCCC(C#N)C1(C)C. The van der Waals surface area contributed by atoms with Crippen molar-refractivity contribution in [3.63, 3.8) is 0 Å². The van der Waals surface area contributed by atoms with E-state index in [2.05, 4.69) is 62.1 Å². The first-order chi connectivity index (χ1) is 8.57. The van der Waals surface area contributed by atoms with E-state index in [4.69, 9.17) is 0 Å². The summed E-state index contributed by atoms with van der Waals surface area (Å²) in [7, 11) is 0. The molecule has 1 aromatic carbocycles. The van der Waals surface area contributed by atoms with Crippen molar-refractivity contribution < 1.29 is 0 Å². The van der Waals surface area contributed by atoms with Gasteiger partial charge in [0.25, 0.3) is 0 Å². The fourth-order valence-electron chi connectivity index (χ4n) is 3.13. The zero-order valence-electron chi connectivity index (χ0n) is 11.6. The minimum absolute atomic E-state index is 0.0394. The van der Waals surface area contributed by atoms with Gasteiger partial charge < -0.3 is 0 Å². The van der Waals surface area contributed by atoms with E-state index < -0.39 is 0 Å². The Morgan fingerprint density at radius 2 is 2.00 bits per heavy atom. The fraction of sp³-hybridized carbons (Fsp3) is 0.562. The standard InChI is InChI=1S/C16H22N2/c1-13(14-8-5-4-6-9-14)18-11-7-10-15(12-17)16(18,2)3/h4-6,8-9,13,15H,7,10-11H2,1-3H3. The molecule has 1 fully saturated rings. The molecule has 2 unspecified atom stereocenters. The van der Waals surface area contributed by atoms with Crippen LogP contribution in [-0.4, -0.2) is 17.0 Å². The Kier molecular flexibility index (Phi) is 3.73. The van der Waals surface area contributed by atoms with Gasteiger partial charge in [-0.25, -0.2) is 0 Å². The molecule has 1 aliphatic heterocycles. The van der Waals surface area contributed by atoms with Crippen molar-refractivity contribution in [2.45, 2.75) is 45.2 Å². The van der Waals surface area contributed by atoms with Crippen molar-refractivity contribution in [3.8, 4) is 6.07 Å². The average Bonchev–Trinajstić information content (AvgIpc) is 2.38. The first kappa shape index (κ1) is 13.1. The molecule has 0 spiro atoms. The van der Waals surface area contributed by atoms with E-state index in [1.165, 1.54) is 5.56 Å². The molecular formula is C16H22N2. The molecule has 2 rings (SSSR count). The average molecular weight is 242 g/mol. The van der Waals surface area contributed by atoms with Crippen molar-refractivity contribution >= 4 is 0 Å². The van der Waals surface area contributed by atoms with Crippen molar-refractivity contribution in [2.24, 2.45) is 5.92 Å². The van der Waals surface area contributed by atoms with Crippen LogP contribution >= 0.6 is 0 Å². The van der Waals surface area contributed by atoms with Gasteiger partial charge in [0.2, 0.25) is 0 Å². The van der Waals surface area contributed by atoms with Gasteiger partial charge in [0, 0.05) is 11.6 Å². The number of hydrogen-bond acceptors (Lipinski definition) is 2.